The molecule has 0 aromatic rings. The van der Waals surface area contributed by atoms with E-state index in [2.05, 4.69) is 12.2 Å². The number of piperazine rings is 1. The summed E-state index contributed by atoms with van der Waals surface area (Å²) in [5.74, 6) is 2.37. The lowest BCUT2D eigenvalue weighted by Crippen LogP contribution is -2.72. The zero-order valence-electron chi connectivity index (χ0n) is 13.9. The monoisotopic (exact) mass is 312 g/mol. The van der Waals surface area contributed by atoms with Crippen molar-refractivity contribution in [3.8, 4) is 0 Å². The highest BCUT2D eigenvalue weighted by atomic mass is 32.2. The van der Waals surface area contributed by atoms with Crippen molar-refractivity contribution < 1.29 is 9.59 Å². The molecule has 1 aliphatic heterocycles. The summed E-state index contributed by atoms with van der Waals surface area (Å²) in [7, 11) is 0. The maximum Gasteiger partial charge on any atom is 0.249 e. The summed E-state index contributed by atoms with van der Waals surface area (Å²) in [5.41, 5.74) is -0.933. The van der Waals surface area contributed by atoms with Gasteiger partial charge in [-0.25, -0.2) is 0 Å². The van der Waals surface area contributed by atoms with Gasteiger partial charge in [0.25, 0.3) is 0 Å². The molecule has 0 bridgehead atoms. The lowest BCUT2D eigenvalue weighted by molar-refractivity contribution is -0.159. The number of carbonyl (C=O) groups excluding carboxylic acids is 2. The van der Waals surface area contributed by atoms with Crippen LogP contribution in [-0.4, -0.2) is 46.3 Å². The molecule has 2 unspecified atom stereocenters. The minimum atomic E-state index is -0.685. The first-order valence-corrected chi connectivity index (χ1v) is 9.08. The fourth-order valence-electron chi connectivity index (χ4n) is 3.27. The van der Waals surface area contributed by atoms with Gasteiger partial charge in [0.15, 0.2) is 0 Å². The Morgan fingerprint density at radius 2 is 1.95 bits per heavy atom. The maximum atomic E-state index is 13.0. The Labute approximate surface area is 132 Å². The molecular weight excluding hydrogens is 284 g/mol. The molecule has 1 heterocycles. The minimum absolute atomic E-state index is 0.0120. The molecule has 4 nitrogen and oxygen atoms in total. The van der Waals surface area contributed by atoms with Gasteiger partial charge in [0.05, 0.1) is 0 Å². The number of thioether (sulfide) groups is 1. The highest BCUT2D eigenvalue weighted by molar-refractivity contribution is 7.99. The topological polar surface area (TPSA) is 49.4 Å². The van der Waals surface area contributed by atoms with E-state index < -0.39 is 5.54 Å². The number of nitrogens with one attached hydrogen (secondary N) is 1. The molecule has 0 aromatic heterocycles. The van der Waals surface area contributed by atoms with E-state index >= 15 is 0 Å². The van der Waals surface area contributed by atoms with E-state index in [4.69, 9.17) is 0 Å². The predicted octanol–water partition coefficient (Wildman–Crippen LogP) is 2.28. The van der Waals surface area contributed by atoms with Crippen LogP contribution in [0, 0.1) is 11.3 Å². The quantitative estimate of drug-likeness (QED) is 0.792. The summed E-state index contributed by atoms with van der Waals surface area (Å²) in [6, 6.07) is -0.366. The summed E-state index contributed by atoms with van der Waals surface area (Å²) < 4.78 is 0. The Bertz CT molecular complexity index is 428. The molecular formula is C16H28N2O2S. The van der Waals surface area contributed by atoms with Crippen LogP contribution >= 0.6 is 11.8 Å². The highest BCUT2D eigenvalue weighted by Gasteiger charge is 2.57. The zero-order valence-corrected chi connectivity index (χ0v) is 14.7. The van der Waals surface area contributed by atoms with Gasteiger partial charge in [-0.1, -0.05) is 27.7 Å². The second-order valence-corrected chi connectivity index (χ2v) is 8.82. The third-order valence-corrected chi connectivity index (χ3v) is 5.42. The smallest absolute Gasteiger partial charge is 0.249 e. The predicted molar refractivity (Wildman–Crippen MR) is 87.2 cm³/mol. The lowest BCUT2D eigenvalue weighted by atomic mass is 9.79. The van der Waals surface area contributed by atoms with E-state index in [-0.39, 0.29) is 23.3 Å². The molecule has 1 N–H and O–H groups in total. The van der Waals surface area contributed by atoms with Crippen LogP contribution in [0.3, 0.4) is 0 Å². The number of nitrogens with zero attached hydrogens (tertiary/aromatic N) is 1. The Morgan fingerprint density at radius 3 is 2.43 bits per heavy atom. The number of amides is 2. The van der Waals surface area contributed by atoms with E-state index in [9.17, 15) is 9.59 Å². The minimum Gasteiger partial charge on any atom is -0.340 e. The van der Waals surface area contributed by atoms with Crippen molar-refractivity contribution in [1.82, 2.24) is 10.2 Å². The molecule has 0 radical (unpaired) electrons. The maximum absolute atomic E-state index is 13.0. The molecule has 2 amide bonds. The first-order valence-electron chi connectivity index (χ1n) is 7.92. The van der Waals surface area contributed by atoms with Gasteiger partial charge in [0.1, 0.15) is 11.6 Å². The fourth-order valence-corrected chi connectivity index (χ4v) is 3.89. The van der Waals surface area contributed by atoms with E-state index in [0.717, 1.165) is 24.3 Å². The van der Waals surface area contributed by atoms with Crippen molar-refractivity contribution >= 4 is 23.6 Å². The van der Waals surface area contributed by atoms with Crippen LogP contribution in [0.1, 0.15) is 47.5 Å². The van der Waals surface area contributed by atoms with Crippen LogP contribution in [0.2, 0.25) is 0 Å². The third kappa shape index (κ3) is 3.22. The average molecular weight is 312 g/mol. The molecule has 2 aliphatic rings. The molecule has 2 atom stereocenters. The van der Waals surface area contributed by atoms with Crippen LogP contribution in [0.25, 0.3) is 0 Å². The largest absolute Gasteiger partial charge is 0.340 e. The normalized spacial score (nSPS) is 30.5. The molecule has 2 rings (SSSR count). The van der Waals surface area contributed by atoms with Gasteiger partial charge in [0, 0.05) is 12.3 Å². The molecule has 1 saturated heterocycles. The fraction of sp³-hybridized carbons (Fsp3) is 0.875. The van der Waals surface area contributed by atoms with Crippen molar-refractivity contribution in [2.45, 2.75) is 59.0 Å². The van der Waals surface area contributed by atoms with Crippen molar-refractivity contribution in [3.63, 3.8) is 0 Å². The SMILES string of the molecule is CCSCCN1C(=O)C(C)(C2CC2)NC(=O)C1C(C)(C)C. The van der Waals surface area contributed by atoms with Crippen molar-refractivity contribution in [1.29, 1.82) is 0 Å². The number of hydrogen-bond donors (Lipinski definition) is 1. The van der Waals surface area contributed by atoms with Crippen LogP contribution in [-0.2, 0) is 9.59 Å². The summed E-state index contributed by atoms with van der Waals surface area (Å²) in [6.07, 6.45) is 2.08. The molecule has 0 aromatic carbocycles. The molecule has 120 valence electrons. The first kappa shape index (κ1) is 16.7. The Kier molecular flexibility index (Phi) is 4.62. The summed E-state index contributed by atoms with van der Waals surface area (Å²) in [4.78, 5) is 27.5. The Balaban J connectivity index is 2.25. The van der Waals surface area contributed by atoms with Crippen LogP contribution in [0.4, 0.5) is 0 Å². The summed E-state index contributed by atoms with van der Waals surface area (Å²) in [5, 5.41) is 3.04. The second-order valence-electron chi connectivity index (χ2n) is 7.43. The van der Waals surface area contributed by atoms with Crippen molar-refractivity contribution in [2.75, 3.05) is 18.1 Å². The highest BCUT2D eigenvalue weighted by Crippen LogP contribution is 2.43. The summed E-state index contributed by atoms with van der Waals surface area (Å²) in [6.45, 7) is 10.8. The van der Waals surface area contributed by atoms with E-state index in [1.165, 1.54) is 0 Å². The first-order chi connectivity index (χ1) is 9.71. The Hall–Kier alpha value is -0.710. The van der Waals surface area contributed by atoms with Crippen LogP contribution in [0.5, 0.6) is 0 Å². The molecule has 21 heavy (non-hydrogen) atoms. The second kappa shape index (κ2) is 5.82. The van der Waals surface area contributed by atoms with Gasteiger partial charge in [0.2, 0.25) is 11.8 Å². The van der Waals surface area contributed by atoms with Gasteiger partial charge in [-0.3, -0.25) is 9.59 Å². The number of carbonyl (C=O) groups is 2. The van der Waals surface area contributed by atoms with Gasteiger partial charge in [-0.15, -0.1) is 0 Å². The van der Waals surface area contributed by atoms with E-state index in [0.29, 0.717) is 12.5 Å². The molecule has 2 fully saturated rings. The van der Waals surface area contributed by atoms with E-state index in [1.54, 1.807) is 0 Å². The van der Waals surface area contributed by atoms with Gasteiger partial charge >= 0.3 is 0 Å². The van der Waals surface area contributed by atoms with Gasteiger partial charge in [-0.05, 0) is 36.9 Å². The lowest BCUT2D eigenvalue weighted by Gasteiger charge is -2.49. The van der Waals surface area contributed by atoms with Gasteiger partial charge in [-0.2, -0.15) is 11.8 Å². The molecule has 0 spiro atoms. The van der Waals surface area contributed by atoms with E-state index in [1.807, 2.05) is 44.4 Å². The average Bonchev–Trinajstić information content (AvgIpc) is 3.18. The van der Waals surface area contributed by atoms with Crippen molar-refractivity contribution in [2.24, 2.45) is 11.3 Å². The third-order valence-electron chi connectivity index (χ3n) is 4.54. The summed E-state index contributed by atoms with van der Waals surface area (Å²) >= 11 is 1.82. The van der Waals surface area contributed by atoms with Crippen LogP contribution < -0.4 is 5.32 Å². The zero-order chi connectivity index (χ0) is 15.8. The Morgan fingerprint density at radius 1 is 1.33 bits per heavy atom. The number of hydrogen-bond acceptors (Lipinski definition) is 3. The standard InChI is InChI=1S/C16H28N2O2S/c1-6-21-10-9-18-12(15(2,3)4)13(19)17-16(5,14(18)20)11-7-8-11/h11-12H,6-10H2,1-5H3,(H,17,19). The number of rotatable bonds is 5. The molecule has 1 aliphatic carbocycles. The van der Waals surface area contributed by atoms with Gasteiger partial charge < -0.3 is 10.2 Å². The molecule has 5 heteroatoms. The van der Waals surface area contributed by atoms with Crippen LogP contribution in [0.15, 0.2) is 0 Å². The van der Waals surface area contributed by atoms with Crippen molar-refractivity contribution in [3.05, 3.63) is 0 Å². The molecule has 1 saturated carbocycles.